The topological polar surface area (TPSA) is 141 Å². The molecule has 0 aliphatic carbocycles. The number of carbonyl (C=O) groups excluding carboxylic acids is 1. The Kier molecular flexibility index (Phi) is 9.51. The number of allylic oxidation sites excluding steroid dienone is 1. The van der Waals surface area contributed by atoms with E-state index < -0.39 is 0 Å². The molecule has 11 heteroatoms. The molecule has 0 spiro atoms. The molecular weight excluding hydrogens is 582 g/mol. The van der Waals surface area contributed by atoms with Crippen LogP contribution in [0.3, 0.4) is 0 Å². The van der Waals surface area contributed by atoms with Gasteiger partial charge < -0.3 is 25.7 Å². The number of anilines is 2. The van der Waals surface area contributed by atoms with Gasteiger partial charge in [0, 0.05) is 55.7 Å². The fourth-order valence-electron chi connectivity index (χ4n) is 5.68. The van der Waals surface area contributed by atoms with E-state index in [1.807, 2.05) is 53.7 Å². The summed E-state index contributed by atoms with van der Waals surface area (Å²) < 4.78 is 17.5. The van der Waals surface area contributed by atoms with Crippen molar-refractivity contribution in [2.75, 3.05) is 58.0 Å². The van der Waals surface area contributed by atoms with Crippen LogP contribution in [-0.4, -0.2) is 78.4 Å². The zero-order valence-electron chi connectivity index (χ0n) is 25.7. The number of nitrogens with zero attached hydrogens (tertiary/aromatic N) is 5. The number of ether oxygens (including phenoxy) is 3. The van der Waals surface area contributed by atoms with Crippen molar-refractivity contribution in [2.45, 2.75) is 12.5 Å². The molecule has 11 nitrogen and oxygen atoms in total. The number of carbonyl (C=O) groups is 1. The molecule has 0 saturated carbocycles. The number of benzene rings is 3. The molecule has 0 amide bonds. The lowest BCUT2D eigenvalue weighted by molar-refractivity contribution is 0.0320. The highest BCUT2D eigenvalue weighted by Gasteiger charge is 2.26. The first-order valence-corrected chi connectivity index (χ1v) is 15.2. The van der Waals surface area contributed by atoms with E-state index in [2.05, 4.69) is 33.1 Å². The van der Waals surface area contributed by atoms with Gasteiger partial charge in [-0.1, -0.05) is 54.6 Å². The lowest BCUT2D eigenvalue weighted by Crippen LogP contribution is -2.38. The molecule has 1 aromatic heterocycles. The number of hydrazone groups is 1. The summed E-state index contributed by atoms with van der Waals surface area (Å²) in [6.45, 7) is 4.12. The van der Waals surface area contributed by atoms with E-state index in [1.54, 1.807) is 25.6 Å². The van der Waals surface area contributed by atoms with Gasteiger partial charge in [-0.3, -0.25) is 14.7 Å². The fourth-order valence-corrected chi connectivity index (χ4v) is 5.68. The first-order chi connectivity index (χ1) is 22.5. The van der Waals surface area contributed by atoms with Gasteiger partial charge in [0.2, 0.25) is 5.95 Å². The van der Waals surface area contributed by atoms with Crippen molar-refractivity contribution in [1.82, 2.24) is 19.9 Å². The number of nitrogen functional groups attached to an aromatic ring is 2. The van der Waals surface area contributed by atoms with Crippen LogP contribution in [0, 0.1) is 0 Å². The van der Waals surface area contributed by atoms with Crippen molar-refractivity contribution in [3.05, 3.63) is 119 Å². The molecule has 3 aromatic carbocycles. The first-order valence-electron chi connectivity index (χ1n) is 15.2. The van der Waals surface area contributed by atoms with Crippen LogP contribution in [0.25, 0.3) is 0 Å². The Morgan fingerprint density at radius 3 is 2.63 bits per heavy atom. The van der Waals surface area contributed by atoms with E-state index in [9.17, 15) is 4.79 Å². The Morgan fingerprint density at radius 2 is 1.85 bits per heavy atom. The summed E-state index contributed by atoms with van der Waals surface area (Å²) in [5.74, 6) is 0.936. The third kappa shape index (κ3) is 7.01. The number of nitrogens with two attached hydrogens (primary N) is 2. The van der Waals surface area contributed by atoms with Gasteiger partial charge in [-0.05, 0) is 28.8 Å². The van der Waals surface area contributed by atoms with Crippen molar-refractivity contribution in [1.29, 1.82) is 0 Å². The van der Waals surface area contributed by atoms with Crippen molar-refractivity contribution < 1.29 is 19.0 Å². The molecule has 2 aliphatic rings. The van der Waals surface area contributed by atoms with Crippen LogP contribution in [0.4, 0.5) is 11.8 Å². The van der Waals surface area contributed by atoms with E-state index >= 15 is 0 Å². The number of fused-ring (bicyclic) bond motifs is 1. The smallest absolute Gasteiger partial charge is 0.221 e. The third-order valence-corrected chi connectivity index (χ3v) is 8.05. The number of methoxy groups -OCH3 is 1. The van der Waals surface area contributed by atoms with Crippen LogP contribution < -0.4 is 20.9 Å². The van der Waals surface area contributed by atoms with Gasteiger partial charge in [0.25, 0.3) is 0 Å². The number of hydrogen-bond acceptors (Lipinski definition) is 11. The molecule has 46 heavy (non-hydrogen) atoms. The summed E-state index contributed by atoms with van der Waals surface area (Å²) in [5.41, 5.74) is 16.8. The summed E-state index contributed by atoms with van der Waals surface area (Å²) >= 11 is 0. The third-order valence-electron chi connectivity index (χ3n) is 8.05. The Labute approximate surface area is 268 Å². The van der Waals surface area contributed by atoms with Crippen molar-refractivity contribution in [2.24, 2.45) is 5.10 Å². The van der Waals surface area contributed by atoms with Crippen LogP contribution in [-0.2, 0) is 11.2 Å². The zero-order chi connectivity index (χ0) is 31.9. The highest BCUT2D eigenvalue weighted by Crippen LogP contribution is 2.36. The SMILES string of the molecule is COc1cc(Cc2cnc(N)nc2N)cc(C(=O)C=CN2N=Cc3ccccc3C2c2ccccc2)c1OCCN1CCOCC1. The van der Waals surface area contributed by atoms with E-state index in [1.165, 1.54) is 6.08 Å². The summed E-state index contributed by atoms with van der Waals surface area (Å²) in [6.07, 6.45) is 7.01. The molecule has 236 valence electrons. The molecule has 2 aliphatic heterocycles. The van der Waals surface area contributed by atoms with E-state index in [4.69, 9.17) is 30.8 Å². The number of morpholine rings is 1. The molecule has 1 unspecified atom stereocenters. The molecule has 1 fully saturated rings. The predicted molar refractivity (Wildman–Crippen MR) is 177 cm³/mol. The number of rotatable bonds is 11. The second-order valence-corrected chi connectivity index (χ2v) is 11.0. The average Bonchev–Trinajstić information content (AvgIpc) is 3.09. The van der Waals surface area contributed by atoms with Crippen LogP contribution in [0.15, 0.2) is 90.3 Å². The van der Waals surface area contributed by atoms with E-state index in [-0.39, 0.29) is 23.6 Å². The maximum absolute atomic E-state index is 14.1. The second-order valence-electron chi connectivity index (χ2n) is 11.0. The van der Waals surface area contributed by atoms with Gasteiger partial charge in [-0.15, -0.1) is 0 Å². The summed E-state index contributed by atoms with van der Waals surface area (Å²) in [7, 11) is 1.56. The average molecular weight is 620 g/mol. The highest BCUT2D eigenvalue weighted by molar-refractivity contribution is 6.07. The van der Waals surface area contributed by atoms with Gasteiger partial charge >= 0.3 is 0 Å². The predicted octanol–water partition coefficient (Wildman–Crippen LogP) is 4.09. The largest absolute Gasteiger partial charge is 0.493 e. The lowest BCUT2D eigenvalue weighted by atomic mass is 9.93. The molecular formula is C35H37N7O4. The minimum atomic E-state index is -0.260. The van der Waals surface area contributed by atoms with Crippen LogP contribution in [0.2, 0.25) is 0 Å². The molecule has 1 saturated heterocycles. The standard InChI is InChI=1S/C35H37N7O4/c1-44-31-21-24(19-27-22-38-35(37)40-34(27)36)20-29(33(31)46-18-15-41-13-16-45-17-14-41)30(43)11-12-42-32(25-7-3-2-4-8-25)28-10-6-5-9-26(28)23-39-42/h2-12,20-23,32H,13-19H2,1H3,(H4,36,37,38,40). The Bertz CT molecular complexity index is 1740. The van der Waals surface area contributed by atoms with Gasteiger partial charge in [-0.2, -0.15) is 10.1 Å². The molecule has 4 N–H and O–H groups in total. The number of ketones is 1. The van der Waals surface area contributed by atoms with Crippen LogP contribution >= 0.6 is 0 Å². The van der Waals surface area contributed by atoms with Gasteiger partial charge in [0.05, 0.1) is 32.1 Å². The van der Waals surface area contributed by atoms with Crippen molar-refractivity contribution >= 4 is 23.8 Å². The molecule has 0 radical (unpaired) electrons. The highest BCUT2D eigenvalue weighted by atomic mass is 16.5. The zero-order valence-corrected chi connectivity index (χ0v) is 25.7. The maximum atomic E-state index is 14.1. The number of aromatic nitrogens is 2. The van der Waals surface area contributed by atoms with E-state index in [0.29, 0.717) is 55.4 Å². The van der Waals surface area contributed by atoms with Gasteiger partial charge in [0.15, 0.2) is 17.3 Å². The summed E-state index contributed by atoms with van der Waals surface area (Å²) in [4.78, 5) is 24.5. The number of hydrogen-bond donors (Lipinski definition) is 2. The van der Waals surface area contributed by atoms with Gasteiger partial charge in [-0.25, -0.2) is 4.98 Å². The summed E-state index contributed by atoms with van der Waals surface area (Å²) in [5, 5.41) is 6.51. The Morgan fingerprint density at radius 1 is 1.07 bits per heavy atom. The minimum Gasteiger partial charge on any atom is -0.493 e. The monoisotopic (exact) mass is 619 g/mol. The fraction of sp³-hybridized carbons (Fsp3) is 0.257. The lowest BCUT2D eigenvalue weighted by Gasteiger charge is -2.31. The summed E-state index contributed by atoms with van der Waals surface area (Å²) in [6, 6.07) is 21.7. The Balaban J connectivity index is 1.32. The molecule has 1 atom stereocenters. The quantitative estimate of drug-likeness (QED) is 0.186. The van der Waals surface area contributed by atoms with Gasteiger partial charge in [0.1, 0.15) is 18.5 Å². The molecule has 4 aromatic rings. The van der Waals surface area contributed by atoms with Crippen LogP contribution in [0.5, 0.6) is 11.5 Å². The van der Waals surface area contributed by atoms with Crippen molar-refractivity contribution in [3.63, 3.8) is 0 Å². The van der Waals surface area contributed by atoms with Crippen molar-refractivity contribution in [3.8, 4) is 11.5 Å². The molecule has 3 heterocycles. The second kappa shape index (κ2) is 14.2. The molecule has 0 bridgehead atoms. The minimum absolute atomic E-state index is 0.0978. The van der Waals surface area contributed by atoms with E-state index in [0.717, 1.165) is 35.3 Å². The maximum Gasteiger partial charge on any atom is 0.221 e. The Hall–Kier alpha value is -5.26. The normalized spacial score (nSPS) is 16.4. The molecule has 6 rings (SSSR count). The van der Waals surface area contributed by atoms with Crippen LogP contribution in [0.1, 0.15) is 44.2 Å². The first kappa shape index (κ1) is 30.8.